The molecular formula is C24H25N3O5S2. The number of para-hydroxylation sites is 1. The monoisotopic (exact) mass is 499 g/mol. The molecule has 0 N–H and O–H groups in total. The number of rotatable bonds is 8. The number of amides is 2. The van der Waals surface area contributed by atoms with E-state index >= 15 is 0 Å². The van der Waals surface area contributed by atoms with Gasteiger partial charge in [0.15, 0.2) is 4.80 Å². The molecule has 0 saturated heterocycles. The standard InChI is InChI=1S/C24H25N3O5S2/c1-3-32-17-8-9-19-20(12-17)34-24(27(19)13-23(30)31-2)25-21(28)14-33-15-22(29)26-11-10-16-6-4-5-7-18(16)26/h4-9,12H,3,10-11,13-15H2,1-2H3. The number of benzene rings is 2. The number of esters is 1. The summed E-state index contributed by atoms with van der Waals surface area (Å²) in [6, 6.07) is 13.4. The summed E-state index contributed by atoms with van der Waals surface area (Å²) in [6.45, 7) is 3.04. The molecule has 0 bridgehead atoms. The lowest BCUT2D eigenvalue weighted by molar-refractivity contribution is -0.141. The van der Waals surface area contributed by atoms with E-state index in [1.165, 1.54) is 35.8 Å². The normalized spacial score (nSPS) is 13.2. The van der Waals surface area contributed by atoms with Gasteiger partial charge in [0.2, 0.25) is 5.91 Å². The molecule has 8 nitrogen and oxygen atoms in total. The molecule has 0 saturated carbocycles. The number of thiazole rings is 1. The highest BCUT2D eigenvalue weighted by molar-refractivity contribution is 8.00. The van der Waals surface area contributed by atoms with E-state index in [2.05, 4.69) is 4.99 Å². The van der Waals surface area contributed by atoms with E-state index < -0.39 is 5.97 Å². The summed E-state index contributed by atoms with van der Waals surface area (Å²) in [4.78, 5) is 43.6. The molecule has 4 rings (SSSR count). The predicted octanol–water partition coefficient (Wildman–Crippen LogP) is 3.02. The molecule has 34 heavy (non-hydrogen) atoms. The summed E-state index contributed by atoms with van der Waals surface area (Å²) < 4.78 is 12.9. The number of fused-ring (bicyclic) bond motifs is 2. The van der Waals surface area contributed by atoms with Gasteiger partial charge in [-0.3, -0.25) is 14.4 Å². The van der Waals surface area contributed by atoms with Crippen molar-refractivity contribution in [1.29, 1.82) is 0 Å². The van der Waals surface area contributed by atoms with Crippen molar-refractivity contribution in [2.24, 2.45) is 4.99 Å². The fraction of sp³-hybridized carbons (Fsp3) is 0.333. The van der Waals surface area contributed by atoms with E-state index in [4.69, 9.17) is 9.47 Å². The number of ether oxygens (including phenoxy) is 2. The van der Waals surface area contributed by atoms with Crippen LogP contribution in [-0.4, -0.2) is 54.1 Å². The number of anilines is 1. The average molecular weight is 500 g/mol. The van der Waals surface area contributed by atoms with Crippen LogP contribution < -0.4 is 14.4 Å². The highest BCUT2D eigenvalue weighted by atomic mass is 32.2. The number of hydrogen-bond acceptors (Lipinski definition) is 7. The summed E-state index contributed by atoms with van der Waals surface area (Å²) >= 11 is 2.54. The third-order valence-electron chi connectivity index (χ3n) is 5.34. The largest absolute Gasteiger partial charge is 0.494 e. The number of carbonyl (C=O) groups is 3. The van der Waals surface area contributed by atoms with Crippen LogP contribution in [0.2, 0.25) is 0 Å². The first-order chi connectivity index (χ1) is 16.5. The molecule has 10 heteroatoms. The van der Waals surface area contributed by atoms with E-state index in [0.717, 1.165) is 22.3 Å². The zero-order chi connectivity index (χ0) is 24.1. The van der Waals surface area contributed by atoms with Gasteiger partial charge in [-0.05, 0) is 43.2 Å². The second-order valence-corrected chi connectivity index (χ2v) is 9.53. The van der Waals surface area contributed by atoms with Crippen molar-refractivity contribution < 1.29 is 23.9 Å². The third kappa shape index (κ3) is 5.34. The number of nitrogens with zero attached hydrogens (tertiary/aromatic N) is 3. The van der Waals surface area contributed by atoms with Gasteiger partial charge in [0.05, 0.1) is 35.4 Å². The number of methoxy groups -OCH3 is 1. The average Bonchev–Trinajstić information content (AvgIpc) is 3.40. The Morgan fingerprint density at radius 3 is 2.76 bits per heavy atom. The van der Waals surface area contributed by atoms with Crippen LogP contribution in [0.15, 0.2) is 47.5 Å². The predicted molar refractivity (Wildman–Crippen MR) is 133 cm³/mol. The molecular weight excluding hydrogens is 474 g/mol. The van der Waals surface area contributed by atoms with Crippen molar-refractivity contribution in [3.8, 4) is 5.75 Å². The van der Waals surface area contributed by atoms with E-state index in [0.29, 0.717) is 23.7 Å². The van der Waals surface area contributed by atoms with Gasteiger partial charge in [0.1, 0.15) is 12.3 Å². The van der Waals surface area contributed by atoms with Crippen molar-refractivity contribution in [3.63, 3.8) is 0 Å². The number of hydrogen-bond donors (Lipinski definition) is 0. The van der Waals surface area contributed by atoms with E-state index in [1.807, 2.05) is 49.4 Å². The molecule has 0 fully saturated rings. The first-order valence-corrected chi connectivity index (χ1v) is 12.8. The zero-order valence-electron chi connectivity index (χ0n) is 19.0. The van der Waals surface area contributed by atoms with Gasteiger partial charge in [-0.2, -0.15) is 4.99 Å². The van der Waals surface area contributed by atoms with Crippen LogP contribution >= 0.6 is 23.1 Å². The van der Waals surface area contributed by atoms with Gasteiger partial charge < -0.3 is 18.9 Å². The maximum atomic E-state index is 12.7. The van der Waals surface area contributed by atoms with Crippen molar-refractivity contribution in [3.05, 3.63) is 52.8 Å². The number of aromatic nitrogens is 1. The van der Waals surface area contributed by atoms with Crippen LogP contribution in [-0.2, 0) is 32.1 Å². The molecule has 178 valence electrons. The smallest absolute Gasteiger partial charge is 0.325 e. The van der Waals surface area contributed by atoms with Crippen molar-refractivity contribution in [2.45, 2.75) is 19.9 Å². The van der Waals surface area contributed by atoms with Gasteiger partial charge in [0.25, 0.3) is 5.91 Å². The SMILES string of the molecule is CCOc1ccc2c(c1)sc(=NC(=O)CSCC(=O)N1CCc3ccccc31)n2CC(=O)OC. The highest BCUT2D eigenvalue weighted by Crippen LogP contribution is 2.28. The first-order valence-electron chi connectivity index (χ1n) is 10.9. The molecule has 2 aromatic carbocycles. The third-order valence-corrected chi connectivity index (χ3v) is 7.28. The molecule has 0 aliphatic carbocycles. The van der Waals surface area contributed by atoms with E-state index in [1.54, 1.807) is 9.47 Å². The molecule has 1 aliphatic rings. The Morgan fingerprint density at radius 1 is 1.15 bits per heavy atom. The molecule has 1 aromatic heterocycles. The summed E-state index contributed by atoms with van der Waals surface area (Å²) in [5.74, 6) is 0.147. The van der Waals surface area contributed by atoms with Gasteiger partial charge in [-0.15, -0.1) is 11.8 Å². The topological polar surface area (TPSA) is 90.2 Å². The highest BCUT2D eigenvalue weighted by Gasteiger charge is 2.24. The molecule has 2 heterocycles. The summed E-state index contributed by atoms with van der Waals surface area (Å²) in [5, 5.41) is 0. The lowest BCUT2D eigenvalue weighted by Crippen LogP contribution is -2.30. The van der Waals surface area contributed by atoms with Crippen LogP contribution in [0.4, 0.5) is 5.69 Å². The molecule has 2 amide bonds. The van der Waals surface area contributed by atoms with Crippen LogP contribution in [0.1, 0.15) is 12.5 Å². The van der Waals surface area contributed by atoms with Gasteiger partial charge in [0, 0.05) is 12.2 Å². The van der Waals surface area contributed by atoms with Crippen LogP contribution in [0.5, 0.6) is 5.75 Å². The molecule has 0 atom stereocenters. The summed E-state index contributed by atoms with van der Waals surface area (Å²) in [5.41, 5.74) is 2.88. The second-order valence-electron chi connectivity index (χ2n) is 7.53. The molecule has 0 radical (unpaired) electrons. The lowest BCUT2D eigenvalue weighted by Gasteiger charge is -2.16. The Morgan fingerprint density at radius 2 is 1.97 bits per heavy atom. The Labute approximate surface area is 205 Å². The van der Waals surface area contributed by atoms with Crippen LogP contribution in [0.25, 0.3) is 10.2 Å². The maximum Gasteiger partial charge on any atom is 0.325 e. The Kier molecular flexibility index (Phi) is 7.69. The van der Waals surface area contributed by atoms with Crippen LogP contribution in [0, 0.1) is 0 Å². The fourth-order valence-electron chi connectivity index (χ4n) is 3.78. The van der Waals surface area contributed by atoms with Crippen LogP contribution in [0.3, 0.4) is 0 Å². The first kappa shape index (κ1) is 24.0. The minimum atomic E-state index is -0.437. The Balaban J connectivity index is 1.47. The molecule has 0 unspecified atom stereocenters. The van der Waals surface area contributed by atoms with Crippen molar-refractivity contribution in [1.82, 2.24) is 4.57 Å². The Hall–Kier alpha value is -3.11. The van der Waals surface area contributed by atoms with Crippen molar-refractivity contribution in [2.75, 3.05) is 36.7 Å². The minimum Gasteiger partial charge on any atom is -0.494 e. The van der Waals surface area contributed by atoms with E-state index in [-0.39, 0.29) is 29.9 Å². The minimum absolute atomic E-state index is 0.0196. The lowest BCUT2D eigenvalue weighted by atomic mass is 10.2. The Bertz CT molecular complexity index is 1300. The fourth-order valence-corrected chi connectivity index (χ4v) is 5.53. The molecule has 3 aromatic rings. The number of thioether (sulfide) groups is 1. The molecule has 0 spiro atoms. The summed E-state index contributed by atoms with van der Waals surface area (Å²) in [6.07, 6.45) is 0.845. The maximum absolute atomic E-state index is 12.7. The van der Waals surface area contributed by atoms with Gasteiger partial charge in [-0.25, -0.2) is 0 Å². The molecule has 1 aliphatic heterocycles. The van der Waals surface area contributed by atoms with Gasteiger partial charge in [-0.1, -0.05) is 29.5 Å². The number of carbonyl (C=O) groups excluding carboxylic acids is 3. The van der Waals surface area contributed by atoms with Crippen molar-refractivity contribution >= 4 is 56.8 Å². The van der Waals surface area contributed by atoms with Gasteiger partial charge >= 0.3 is 5.97 Å². The second kappa shape index (κ2) is 10.9. The quantitative estimate of drug-likeness (QED) is 0.443. The summed E-state index contributed by atoms with van der Waals surface area (Å²) in [7, 11) is 1.32. The van der Waals surface area contributed by atoms with E-state index in [9.17, 15) is 14.4 Å². The zero-order valence-corrected chi connectivity index (χ0v) is 20.6.